The third-order valence-corrected chi connectivity index (χ3v) is 8.03. The molecule has 0 atom stereocenters. The van der Waals surface area contributed by atoms with Crippen LogP contribution < -0.4 is 21.3 Å². The number of hydrogen-bond donors (Lipinski definition) is 2. The fraction of sp³-hybridized carbons (Fsp3) is 0.100. The lowest BCUT2D eigenvalue weighted by Crippen LogP contribution is -2.10. The van der Waals surface area contributed by atoms with Crippen LogP contribution in [0.15, 0.2) is 146 Å². The number of nitrogens with two attached hydrogens (primary N) is 2. The van der Waals surface area contributed by atoms with E-state index in [0.717, 1.165) is 56.4 Å². The highest BCUT2D eigenvalue weighted by Gasteiger charge is 2.15. The lowest BCUT2D eigenvalue weighted by atomic mass is 10.0. The molecule has 218 valence electrons. The average molecular weight is 575 g/mol. The number of aryl methyl sites for hydroxylation is 2. The van der Waals surface area contributed by atoms with Crippen LogP contribution in [0.2, 0.25) is 0 Å². The summed E-state index contributed by atoms with van der Waals surface area (Å²) in [5.74, 6) is 0. The van der Waals surface area contributed by atoms with Crippen LogP contribution in [0.25, 0.3) is 11.1 Å². The normalized spacial score (nSPS) is 10.9. The molecule has 0 aromatic heterocycles. The molecule has 4 N–H and O–H groups in total. The van der Waals surface area contributed by atoms with E-state index in [1.54, 1.807) is 0 Å². The van der Waals surface area contributed by atoms with Crippen LogP contribution in [-0.2, 0) is 13.1 Å². The molecule has 0 heterocycles. The SMILES string of the molecule is Cc1ccc(N(c2ccc(CN)cc2)c2ccc(-c3ccc(N(c4ccc(C)cc4)c4ccc(CN)cc4)cc3)cc2)cc1. The quantitative estimate of drug-likeness (QED) is 0.180. The second-order valence-electron chi connectivity index (χ2n) is 11.2. The summed E-state index contributed by atoms with van der Waals surface area (Å²) < 4.78 is 0. The maximum atomic E-state index is 5.87. The van der Waals surface area contributed by atoms with Gasteiger partial charge in [-0.25, -0.2) is 0 Å². The Morgan fingerprint density at radius 3 is 0.818 bits per heavy atom. The maximum absolute atomic E-state index is 5.87. The molecular formula is C40H38N4. The number of nitrogens with zero attached hydrogens (tertiary/aromatic N) is 2. The molecule has 0 amide bonds. The standard InChI is InChI=1S/C40H38N4/c1-29-3-15-35(16-4-29)43(37-19-7-31(27-41)8-20-37)39-23-11-33(12-24-39)34-13-25-40(26-14-34)44(36-17-5-30(2)6-18-36)38-21-9-32(28-42)10-22-38/h3-26H,27-28,41-42H2,1-2H3. The van der Waals surface area contributed by atoms with E-state index in [4.69, 9.17) is 11.5 Å². The molecule has 4 nitrogen and oxygen atoms in total. The molecule has 4 heteroatoms. The van der Waals surface area contributed by atoms with E-state index in [-0.39, 0.29) is 0 Å². The smallest absolute Gasteiger partial charge is 0.0462 e. The molecule has 0 radical (unpaired) electrons. The van der Waals surface area contributed by atoms with E-state index in [9.17, 15) is 0 Å². The van der Waals surface area contributed by atoms with E-state index < -0.39 is 0 Å². The first-order valence-electron chi connectivity index (χ1n) is 15.0. The number of anilines is 6. The van der Waals surface area contributed by atoms with Gasteiger partial charge in [0.15, 0.2) is 0 Å². The van der Waals surface area contributed by atoms with Crippen molar-refractivity contribution in [2.45, 2.75) is 26.9 Å². The minimum Gasteiger partial charge on any atom is -0.326 e. The molecule has 0 bridgehead atoms. The van der Waals surface area contributed by atoms with Crippen LogP contribution in [0.4, 0.5) is 34.1 Å². The number of hydrogen-bond acceptors (Lipinski definition) is 4. The minimum atomic E-state index is 0.529. The van der Waals surface area contributed by atoms with Crippen molar-refractivity contribution in [3.05, 3.63) is 168 Å². The molecule has 0 aliphatic heterocycles. The molecule has 0 fully saturated rings. The van der Waals surface area contributed by atoms with Gasteiger partial charge in [0.2, 0.25) is 0 Å². The van der Waals surface area contributed by atoms with Crippen molar-refractivity contribution in [3.8, 4) is 11.1 Å². The van der Waals surface area contributed by atoms with Gasteiger partial charge in [0.25, 0.3) is 0 Å². The molecule has 6 rings (SSSR count). The van der Waals surface area contributed by atoms with Crippen molar-refractivity contribution in [1.29, 1.82) is 0 Å². The first-order valence-corrected chi connectivity index (χ1v) is 15.0. The summed E-state index contributed by atoms with van der Waals surface area (Å²) in [4.78, 5) is 4.56. The summed E-state index contributed by atoms with van der Waals surface area (Å²) in [6, 6.07) is 51.8. The Bertz CT molecular complexity index is 1650. The first kappa shape index (κ1) is 28.9. The number of rotatable bonds is 9. The monoisotopic (exact) mass is 574 g/mol. The second kappa shape index (κ2) is 13.0. The highest BCUT2D eigenvalue weighted by molar-refractivity contribution is 5.80. The Hall–Kier alpha value is -5.16. The molecule has 0 aliphatic carbocycles. The predicted molar refractivity (Wildman–Crippen MR) is 187 cm³/mol. The molecular weight excluding hydrogens is 536 g/mol. The van der Waals surface area contributed by atoms with E-state index in [1.165, 1.54) is 11.1 Å². The Morgan fingerprint density at radius 2 is 0.568 bits per heavy atom. The zero-order chi connectivity index (χ0) is 30.5. The zero-order valence-electron chi connectivity index (χ0n) is 25.3. The largest absolute Gasteiger partial charge is 0.326 e. The summed E-state index contributed by atoms with van der Waals surface area (Å²) in [5.41, 5.74) is 25.4. The zero-order valence-corrected chi connectivity index (χ0v) is 25.3. The lowest BCUT2D eigenvalue weighted by Gasteiger charge is -2.26. The average Bonchev–Trinajstić information content (AvgIpc) is 3.08. The molecule has 44 heavy (non-hydrogen) atoms. The van der Waals surface area contributed by atoms with Gasteiger partial charge in [-0.3, -0.25) is 0 Å². The molecule has 0 spiro atoms. The summed E-state index contributed by atoms with van der Waals surface area (Å²) in [6.45, 7) is 5.28. The van der Waals surface area contributed by atoms with Crippen molar-refractivity contribution in [2.75, 3.05) is 9.80 Å². The summed E-state index contributed by atoms with van der Waals surface area (Å²) >= 11 is 0. The second-order valence-corrected chi connectivity index (χ2v) is 11.2. The van der Waals surface area contributed by atoms with Crippen LogP contribution >= 0.6 is 0 Å². The van der Waals surface area contributed by atoms with Gasteiger partial charge in [0.05, 0.1) is 0 Å². The fourth-order valence-electron chi connectivity index (χ4n) is 5.45. The van der Waals surface area contributed by atoms with Gasteiger partial charge in [-0.15, -0.1) is 0 Å². The highest BCUT2D eigenvalue weighted by atomic mass is 15.1. The molecule has 6 aromatic rings. The van der Waals surface area contributed by atoms with Gasteiger partial charge >= 0.3 is 0 Å². The van der Waals surface area contributed by atoms with E-state index in [0.29, 0.717) is 13.1 Å². The van der Waals surface area contributed by atoms with Crippen molar-refractivity contribution < 1.29 is 0 Å². The molecule has 0 unspecified atom stereocenters. The fourth-order valence-corrected chi connectivity index (χ4v) is 5.45. The topological polar surface area (TPSA) is 58.5 Å². The third-order valence-electron chi connectivity index (χ3n) is 8.03. The first-order chi connectivity index (χ1) is 21.5. The van der Waals surface area contributed by atoms with Gasteiger partial charge in [0.1, 0.15) is 0 Å². The molecule has 0 aliphatic rings. The number of benzene rings is 6. The van der Waals surface area contributed by atoms with Crippen molar-refractivity contribution in [1.82, 2.24) is 0 Å². The van der Waals surface area contributed by atoms with Gasteiger partial charge in [-0.05, 0) is 109 Å². The Kier molecular flexibility index (Phi) is 8.55. The van der Waals surface area contributed by atoms with Crippen LogP contribution in [0.3, 0.4) is 0 Å². The molecule has 6 aromatic carbocycles. The van der Waals surface area contributed by atoms with Crippen LogP contribution in [0, 0.1) is 13.8 Å². The predicted octanol–water partition coefficient (Wildman–Crippen LogP) is 9.83. The summed E-state index contributed by atoms with van der Waals surface area (Å²) in [7, 11) is 0. The van der Waals surface area contributed by atoms with Crippen molar-refractivity contribution >= 4 is 34.1 Å². The highest BCUT2D eigenvalue weighted by Crippen LogP contribution is 2.38. The van der Waals surface area contributed by atoms with Gasteiger partial charge in [-0.2, -0.15) is 0 Å². The Balaban J connectivity index is 1.31. The minimum absolute atomic E-state index is 0.529. The van der Waals surface area contributed by atoms with Crippen molar-refractivity contribution in [2.24, 2.45) is 11.5 Å². The van der Waals surface area contributed by atoms with E-state index in [2.05, 4.69) is 169 Å². The van der Waals surface area contributed by atoms with Crippen LogP contribution in [-0.4, -0.2) is 0 Å². The van der Waals surface area contributed by atoms with Crippen LogP contribution in [0.5, 0.6) is 0 Å². The van der Waals surface area contributed by atoms with Gasteiger partial charge in [-0.1, -0.05) is 83.9 Å². The van der Waals surface area contributed by atoms with Crippen molar-refractivity contribution in [3.63, 3.8) is 0 Å². The molecule has 0 saturated carbocycles. The summed E-state index contributed by atoms with van der Waals surface area (Å²) in [5, 5.41) is 0. The van der Waals surface area contributed by atoms with Crippen LogP contribution in [0.1, 0.15) is 22.3 Å². The van der Waals surface area contributed by atoms with Gasteiger partial charge < -0.3 is 21.3 Å². The van der Waals surface area contributed by atoms with E-state index >= 15 is 0 Å². The Labute approximate surface area is 260 Å². The maximum Gasteiger partial charge on any atom is 0.0462 e. The molecule has 0 saturated heterocycles. The third kappa shape index (κ3) is 6.28. The lowest BCUT2D eigenvalue weighted by molar-refractivity contribution is 1.07. The Morgan fingerprint density at radius 1 is 0.341 bits per heavy atom. The van der Waals surface area contributed by atoms with E-state index in [1.807, 2.05) is 0 Å². The van der Waals surface area contributed by atoms with Gasteiger partial charge in [0, 0.05) is 47.2 Å². The summed E-state index contributed by atoms with van der Waals surface area (Å²) in [6.07, 6.45) is 0.